The first-order valence-corrected chi connectivity index (χ1v) is 11.0. The minimum Gasteiger partial charge on any atom is -0.294 e. The van der Waals surface area contributed by atoms with E-state index in [-0.39, 0.29) is 55.7 Å². The van der Waals surface area contributed by atoms with E-state index in [4.69, 9.17) is 33.0 Å². The van der Waals surface area contributed by atoms with Gasteiger partial charge in [-0.3, -0.25) is 9.59 Å². The Morgan fingerprint density at radius 3 is 1.38 bits per heavy atom. The molecule has 0 amide bonds. The first kappa shape index (κ1) is 25.6. The lowest BCUT2D eigenvalue weighted by molar-refractivity contribution is -0.187. The quantitative estimate of drug-likeness (QED) is 0.248. The molecule has 0 bridgehead atoms. The average molecular weight is 479 g/mol. The van der Waals surface area contributed by atoms with E-state index in [0.29, 0.717) is 12.8 Å². The van der Waals surface area contributed by atoms with E-state index in [1.807, 2.05) is 13.8 Å². The molecule has 2 aromatic rings. The van der Waals surface area contributed by atoms with Gasteiger partial charge >= 0.3 is 11.9 Å². The Labute approximate surface area is 196 Å². The minimum absolute atomic E-state index is 0.0000383. The highest BCUT2D eigenvalue weighted by molar-refractivity contribution is 6.35. The Balaban J connectivity index is 2.29. The van der Waals surface area contributed by atoms with Gasteiger partial charge in [0.2, 0.25) is 0 Å². The first-order valence-electron chi connectivity index (χ1n) is 10.2. The standard InChI is InChI=1S/C24H24Cl2O6/c1-5-13(3)21(27)19-15(9-7-11-17(19)25)23(29)31-32-24(30)16-10-8-12-18(26)20(16)22(28)14(4)6-2/h7-14H,5-6H2,1-4H3. The van der Waals surface area contributed by atoms with Gasteiger partial charge in [0.25, 0.3) is 0 Å². The molecular weight excluding hydrogens is 455 g/mol. The van der Waals surface area contributed by atoms with Crippen molar-refractivity contribution in [2.75, 3.05) is 0 Å². The number of carbonyl (C=O) groups excluding carboxylic acids is 4. The highest BCUT2D eigenvalue weighted by Crippen LogP contribution is 2.27. The molecule has 0 saturated heterocycles. The summed E-state index contributed by atoms with van der Waals surface area (Å²) >= 11 is 12.3. The average Bonchev–Trinajstić information content (AvgIpc) is 2.79. The molecule has 2 unspecified atom stereocenters. The Morgan fingerprint density at radius 2 is 1.06 bits per heavy atom. The molecule has 170 valence electrons. The van der Waals surface area contributed by atoms with Crippen LogP contribution in [0.4, 0.5) is 0 Å². The zero-order valence-electron chi connectivity index (χ0n) is 18.2. The molecule has 2 aromatic carbocycles. The molecule has 6 nitrogen and oxygen atoms in total. The van der Waals surface area contributed by atoms with Crippen LogP contribution in [0.15, 0.2) is 36.4 Å². The van der Waals surface area contributed by atoms with Gasteiger partial charge < -0.3 is 0 Å². The maximum atomic E-state index is 12.7. The summed E-state index contributed by atoms with van der Waals surface area (Å²) in [6.45, 7) is 7.11. The highest BCUT2D eigenvalue weighted by atomic mass is 35.5. The lowest BCUT2D eigenvalue weighted by Crippen LogP contribution is -2.20. The Morgan fingerprint density at radius 1 is 0.719 bits per heavy atom. The third kappa shape index (κ3) is 5.56. The summed E-state index contributed by atoms with van der Waals surface area (Å²) in [5.74, 6) is -3.52. The number of halogens is 2. The summed E-state index contributed by atoms with van der Waals surface area (Å²) in [7, 11) is 0. The van der Waals surface area contributed by atoms with Crippen LogP contribution >= 0.6 is 23.2 Å². The summed E-state index contributed by atoms with van der Waals surface area (Å²) in [6.07, 6.45) is 1.10. The highest BCUT2D eigenvalue weighted by Gasteiger charge is 2.28. The Bertz CT molecular complexity index is 963. The van der Waals surface area contributed by atoms with Crippen LogP contribution in [0.3, 0.4) is 0 Å². The van der Waals surface area contributed by atoms with E-state index in [1.165, 1.54) is 36.4 Å². The van der Waals surface area contributed by atoms with Crippen LogP contribution in [-0.2, 0) is 9.78 Å². The summed E-state index contributed by atoms with van der Waals surface area (Å²) < 4.78 is 0. The third-order valence-corrected chi connectivity index (χ3v) is 5.90. The van der Waals surface area contributed by atoms with Gasteiger partial charge in [0.1, 0.15) is 0 Å². The fourth-order valence-electron chi connectivity index (χ4n) is 2.92. The van der Waals surface area contributed by atoms with Crippen molar-refractivity contribution in [3.63, 3.8) is 0 Å². The number of hydrogen-bond donors (Lipinski definition) is 0. The second-order valence-electron chi connectivity index (χ2n) is 7.41. The molecule has 0 aliphatic heterocycles. The second-order valence-corrected chi connectivity index (χ2v) is 8.23. The van der Waals surface area contributed by atoms with Crippen molar-refractivity contribution in [3.8, 4) is 0 Å². The topological polar surface area (TPSA) is 86.7 Å². The number of carbonyl (C=O) groups is 4. The molecule has 0 saturated carbocycles. The van der Waals surface area contributed by atoms with E-state index in [2.05, 4.69) is 0 Å². The van der Waals surface area contributed by atoms with Crippen molar-refractivity contribution in [2.24, 2.45) is 11.8 Å². The number of ketones is 2. The number of hydrogen-bond acceptors (Lipinski definition) is 6. The van der Waals surface area contributed by atoms with Crippen LogP contribution in [0.25, 0.3) is 0 Å². The monoisotopic (exact) mass is 478 g/mol. The zero-order valence-corrected chi connectivity index (χ0v) is 19.8. The molecule has 0 radical (unpaired) electrons. The van der Waals surface area contributed by atoms with E-state index in [9.17, 15) is 19.2 Å². The van der Waals surface area contributed by atoms with Gasteiger partial charge in [0, 0.05) is 11.8 Å². The first-order chi connectivity index (χ1) is 15.1. The van der Waals surface area contributed by atoms with Crippen molar-refractivity contribution < 1.29 is 29.0 Å². The summed E-state index contributed by atoms with van der Waals surface area (Å²) in [5.41, 5.74) is -0.255. The summed E-state index contributed by atoms with van der Waals surface area (Å²) in [6, 6.07) is 8.64. The van der Waals surface area contributed by atoms with Gasteiger partial charge in [0.05, 0.1) is 32.3 Å². The fourth-order valence-corrected chi connectivity index (χ4v) is 3.45. The molecule has 2 rings (SSSR count). The molecule has 2 atom stereocenters. The molecule has 0 heterocycles. The smallest absolute Gasteiger partial charge is 0.294 e. The molecule has 0 fully saturated rings. The number of rotatable bonds is 8. The van der Waals surface area contributed by atoms with Crippen molar-refractivity contribution in [1.29, 1.82) is 0 Å². The van der Waals surface area contributed by atoms with Crippen molar-refractivity contribution in [1.82, 2.24) is 0 Å². The van der Waals surface area contributed by atoms with Crippen molar-refractivity contribution in [3.05, 3.63) is 68.7 Å². The predicted octanol–water partition coefficient (Wildman–Crippen LogP) is 6.38. The summed E-state index contributed by atoms with van der Waals surface area (Å²) in [4.78, 5) is 60.0. The second kappa shape index (κ2) is 11.2. The molecule has 0 spiro atoms. The SMILES string of the molecule is CCC(C)C(=O)c1c(Cl)cccc1C(=O)OOC(=O)c1cccc(Cl)c1C(=O)C(C)CC. The van der Waals surface area contributed by atoms with Crippen LogP contribution in [0.2, 0.25) is 10.0 Å². The van der Waals surface area contributed by atoms with Gasteiger partial charge in [-0.1, -0.05) is 63.0 Å². The fraction of sp³-hybridized carbons (Fsp3) is 0.333. The molecule has 0 N–H and O–H groups in total. The van der Waals surface area contributed by atoms with Gasteiger partial charge in [0.15, 0.2) is 11.6 Å². The number of benzene rings is 2. The Kier molecular flexibility index (Phi) is 8.99. The summed E-state index contributed by atoms with van der Waals surface area (Å²) in [5, 5.41) is 0.180. The lowest BCUT2D eigenvalue weighted by Gasteiger charge is -2.14. The van der Waals surface area contributed by atoms with Crippen LogP contribution in [0.1, 0.15) is 82.0 Å². The molecule has 0 aliphatic rings. The normalized spacial score (nSPS) is 12.6. The molecule has 0 aliphatic carbocycles. The van der Waals surface area contributed by atoms with Crippen LogP contribution in [0.5, 0.6) is 0 Å². The van der Waals surface area contributed by atoms with E-state index >= 15 is 0 Å². The van der Waals surface area contributed by atoms with Crippen molar-refractivity contribution in [2.45, 2.75) is 40.5 Å². The maximum absolute atomic E-state index is 12.7. The lowest BCUT2D eigenvalue weighted by atomic mass is 9.93. The van der Waals surface area contributed by atoms with Crippen LogP contribution < -0.4 is 0 Å². The van der Waals surface area contributed by atoms with Gasteiger partial charge in [-0.25, -0.2) is 19.4 Å². The molecule has 0 aromatic heterocycles. The maximum Gasteiger partial charge on any atom is 0.387 e. The van der Waals surface area contributed by atoms with E-state index in [1.54, 1.807) is 13.8 Å². The van der Waals surface area contributed by atoms with Crippen LogP contribution in [0, 0.1) is 11.8 Å². The molecule has 32 heavy (non-hydrogen) atoms. The predicted molar refractivity (Wildman–Crippen MR) is 121 cm³/mol. The zero-order chi connectivity index (χ0) is 24.0. The number of Topliss-reactive ketones (excluding diaryl/α,β-unsaturated/α-hetero) is 2. The van der Waals surface area contributed by atoms with Gasteiger partial charge in [-0.15, -0.1) is 0 Å². The Hall–Kier alpha value is -2.70. The van der Waals surface area contributed by atoms with Gasteiger partial charge in [-0.2, -0.15) is 0 Å². The minimum atomic E-state index is -1.07. The van der Waals surface area contributed by atoms with E-state index < -0.39 is 11.9 Å². The van der Waals surface area contributed by atoms with Gasteiger partial charge in [-0.05, 0) is 37.1 Å². The molecular formula is C24H24Cl2O6. The van der Waals surface area contributed by atoms with E-state index in [0.717, 1.165) is 0 Å². The third-order valence-electron chi connectivity index (χ3n) is 5.27. The van der Waals surface area contributed by atoms with Crippen LogP contribution in [-0.4, -0.2) is 23.5 Å². The largest absolute Gasteiger partial charge is 0.387 e. The van der Waals surface area contributed by atoms with Crippen molar-refractivity contribution >= 4 is 46.7 Å². The molecule has 8 heteroatoms.